The highest BCUT2D eigenvalue weighted by Crippen LogP contribution is 2.44. The lowest BCUT2D eigenvalue weighted by Crippen LogP contribution is -2.00. The highest BCUT2D eigenvalue weighted by Gasteiger charge is 2.21. The summed E-state index contributed by atoms with van der Waals surface area (Å²) in [7, 11) is 0. The van der Waals surface area contributed by atoms with E-state index in [1.807, 2.05) is 36.9 Å². The zero-order valence-electron chi connectivity index (χ0n) is 34.8. The van der Waals surface area contributed by atoms with Crippen molar-refractivity contribution in [3.63, 3.8) is 0 Å². The summed E-state index contributed by atoms with van der Waals surface area (Å²) < 4.78 is 4.42. The number of rotatable bonds is 6. The molecule has 0 spiro atoms. The molecule has 65 heavy (non-hydrogen) atoms. The van der Waals surface area contributed by atoms with Crippen molar-refractivity contribution in [1.82, 2.24) is 29.1 Å². The fourth-order valence-corrected chi connectivity index (χ4v) is 9.80. The average molecular weight is 830 g/mol. The van der Waals surface area contributed by atoms with Gasteiger partial charge in [-0.2, -0.15) is 0 Å². The molecule has 0 atom stereocenters. The molecule has 7 nitrogen and oxygen atoms in total. The largest absolute Gasteiger partial charge is 0.294 e. The van der Waals surface area contributed by atoms with Gasteiger partial charge in [0.1, 0.15) is 11.6 Å². The number of aromatic nitrogens is 6. The van der Waals surface area contributed by atoms with Crippen LogP contribution in [0.5, 0.6) is 0 Å². The van der Waals surface area contributed by atoms with Crippen LogP contribution in [0.25, 0.3) is 105 Å². The molecule has 1 aliphatic heterocycles. The molecule has 302 valence electrons. The second kappa shape index (κ2) is 14.8. The van der Waals surface area contributed by atoms with Gasteiger partial charge in [0.15, 0.2) is 0 Å². The van der Waals surface area contributed by atoms with Gasteiger partial charge in [0, 0.05) is 46.3 Å². The summed E-state index contributed by atoms with van der Waals surface area (Å²) in [5.74, 6) is 5.08. The van der Waals surface area contributed by atoms with E-state index in [1.165, 1.54) is 21.9 Å². The third kappa shape index (κ3) is 5.88. The minimum atomic E-state index is 0.682. The normalized spacial score (nSPS) is 12.9. The highest BCUT2D eigenvalue weighted by atomic mass is 15.1. The van der Waals surface area contributed by atoms with Crippen LogP contribution in [-0.4, -0.2) is 34.9 Å². The van der Waals surface area contributed by atoms with Crippen LogP contribution >= 0.6 is 0 Å². The van der Waals surface area contributed by atoms with Crippen LogP contribution in [0.4, 0.5) is 0 Å². The van der Waals surface area contributed by atoms with Gasteiger partial charge in [0.25, 0.3) is 0 Å². The Bertz CT molecular complexity index is 3890. The molecule has 7 heterocycles. The Labute approximate surface area is 373 Å². The summed E-state index contributed by atoms with van der Waals surface area (Å²) in [5.41, 5.74) is 11.5. The first-order valence-electron chi connectivity index (χ1n) is 21.7. The summed E-state index contributed by atoms with van der Waals surface area (Å²) in [6, 6.07) is 61.4. The summed E-state index contributed by atoms with van der Waals surface area (Å²) in [6.45, 7) is 0. The first kappa shape index (κ1) is 36.6. The Hall–Kier alpha value is -9.03. The van der Waals surface area contributed by atoms with E-state index in [1.54, 1.807) is 0 Å². The van der Waals surface area contributed by atoms with Gasteiger partial charge in [-0.3, -0.25) is 19.1 Å². The number of hydrogen-bond acceptors (Lipinski definition) is 5. The SMILES string of the molecule is C1=NC(c2cccc(-n3c4ccccc4c4cnccc43)n2)=CC(c2c3ccccc3c(-c3ccccc3)c3ccccc23)=CC=1c1cccc(-n2c3ccccc3c3cnccc32)n1. The summed E-state index contributed by atoms with van der Waals surface area (Å²) in [4.78, 5) is 24.9. The molecule has 0 N–H and O–H groups in total. The number of fused-ring (bicyclic) bond motifs is 8. The second-order valence-electron chi connectivity index (χ2n) is 16.2. The molecule has 0 saturated carbocycles. The predicted molar refractivity (Wildman–Crippen MR) is 266 cm³/mol. The molecular formula is C58H35N7. The van der Waals surface area contributed by atoms with Crippen molar-refractivity contribution >= 4 is 87.9 Å². The lowest BCUT2D eigenvalue weighted by molar-refractivity contribution is 1.06. The van der Waals surface area contributed by atoms with Gasteiger partial charge in [-0.25, -0.2) is 15.0 Å². The number of benzene rings is 6. The molecule has 0 aliphatic carbocycles. The van der Waals surface area contributed by atoms with Crippen LogP contribution < -0.4 is 0 Å². The summed E-state index contributed by atoms with van der Waals surface area (Å²) in [5, 5.41) is 9.00. The van der Waals surface area contributed by atoms with Crippen molar-refractivity contribution in [3.8, 4) is 22.8 Å². The molecule has 0 fully saturated rings. The molecule has 7 heteroatoms. The fourth-order valence-electron chi connectivity index (χ4n) is 9.80. The van der Waals surface area contributed by atoms with E-state index in [-0.39, 0.29) is 0 Å². The van der Waals surface area contributed by atoms with E-state index >= 15 is 0 Å². The first-order chi connectivity index (χ1) is 32.3. The maximum Gasteiger partial charge on any atom is 0.138 e. The summed E-state index contributed by atoms with van der Waals surface area (Å²) in [6.07, 6.45) is 11.9. The van der Waals surface area contributed by atoms with Gasteiger partial charge < -0.3 is 0 Å². The van der Waals surface area contributed by atoms with Gasteiger partial charge in [0.2, 0.25) is 0 Å². The highest BCUT2D eigenvalue weighted by molar-refractivity contribution is 6.21. The first-order valence-corrected chi connectivity index (χ1v) is 21.7. The minimum Gasteiger partial charge on any atom is -0.294 e. The standard InChI is InChI=1S/C58H35N7/c1-2-14-37(15-3-1)57-42-18-4-6-20-44(42)58(45-21-7-5-19-43(45)57)38-32-39(48-22-12-26-55(62-48)64-51-24-10-8-16-40(51)46-35-59-30-28-53(46)64)34-61-50(33-38)49-23-13-27-56(63-49)65-52-25-11-9-17-41(52)47-36-60-31-29-54(47)65/h1-33,35-36H. The third-order valence-corrected chi connectivity index (χ3v) is 12.6. The average Bonchev–Trinajstić information content (AvgIpc) is 3.79. The van der Waals surface area contributed by atoms with Crippen LogP contribution in [0.3, 0.4) is 0 Å². The maximum atomic E-state index is 5.38. The Morgan fingerprint density at radius 3 is 1.43 bits per heavy atom. The van der Waals surface area contributed by atoms with Gasteiger partial charge in [-0.15, -0.1) is 0 Å². The molecule has 1 aliphatic rings. The van der Waals surface area contributed by atoms with Crippen molar-refractivity contribution in [1.29, 1.82) is 0 Å². The van der Waals surface area contributed by atoms with Gasteiger partial charge in [-0.05, 0) is 110 Å². The van der Waals surface area contributed by atoms with Crippen LogP contribution in [0.15, 0.2) is 218 Å². The van der Waals surface area contributed by atoms with E-state index in [0.717, 1.165) is 94.1 Å². The van der Waals surface area contributed by atoms with E-state index in [9.17, 15) is 0 Å². The lowest BCUT2D eigenvalue weighted by atomic mass is 9.85. The van der Waals surface area contributed by atoms with Crippen molar-refractivity contribution in [2.45, 2.75) is 0 Å². The lowest BCUT2D eigenvalue weighted by Gasteiger charge is -2.18. The van der Waals surface area contributed by atoms with E-state index in [2.05, 4.69) is 201 Å². The van der Waals surface area contributed by atoms with Crippen LogP contribution in [-0.2, 0) is 0 Å². The van der Waals surface area contributed by atoms with Crippen LogP contribution in [0.1, 0.15) is 17.0 Å². The van der Waals surface area contributed by atoms with E-state index in [0.29, 0.717) is 5.70 Å². The topological polar surface area (TPSA) is 73.8 Å². The zero-order valence-corrected chi connectivity index (χ0v) is 34.8. The third-order valence-electron chi connectivity index (χ3n) is 12.6. The van der Waals surface area contributed by atoms with Crippen LogP contribution in [0, 0.1) is 0 Å². The van der Waals surface area contributed by atoms with Gasteiger partial charge in [-0.1, -0.05) is 127 Å². The van der Waals surface area contributed by atoms with Gasteiger partial charge >= 0.3 is 0 Å². The number of allylic oxidation sites excluding steroid dienone is 4. The van der Waals surface area contributed by atoms with Crippen molar-refractivity contribution in [3.05, 3.63) is 230 Å². The fraction of sp³-hybridized carbons (Fsp3) is 0. The van der Waals surface area contributed by atoms with Crippen molar-refractivity contribution in [2.24, 2.45) is 4.99 Å². The zero-order chi connectivity index (χ0) is 42.8. The molecule has 6 aromatic carbocycles. The molecule has 12 aromatic rings. The molecule has 0 saturated heterocycles. The van der Waals surface area contributed by atoms with E-state index < -0.39 is 0 Å². The van der Waals surface area contributed by atoms with E-state index in [4.69, 9.17) is 15.0 Å². The Morgan fingerprint density at radius 2 is 0.846 bits per heavy atom. The van der Waals surface area contributed by atoms with Gasteiger partial charge in [0.05, 0.1) is 44.7 Å². The number of para-hydroxylation sites is 2. The molecule has 13 rings (SSSR count). The van der Waals surface area contributed by atoms with Crippen LogP contribution in [0.2, 0.25) is 0 Å². The Kier molecular flexibility index (Phi) is 8.34. The van der Waals surface area contributed by atoms with Crippen molar-refractivity contribution < 1.29 is 0 Å². The Morgan fingerprint density at radius 1 is 0.369 bits per heavy atom. The summed E-state index contributed by atoms with van der Waals surface area (Å²) >= 11 is 0. The molecule has 6 aromatic heterocycles. The quantitative estimate of drug-likeness (QED) is 0.156. The Balaban J connectivity index is 1.06. The number of pyridine rings is 4. The smallest absolute Gasteiger partial charge is 0.138 e. The molecular weight excluding hydrogens is 795 g/mol. The monoisotopic (exact) mass is 829 g/mol. The predicted octanol–water partition coefficient (Wildman–Crippen LogP) is 13.6. The van der Waals surface area contributed by atoms with Crippen molar-refractivity contribution in [2.75, 3.05) is 0 Å². The number of hydrogen-bond donors (Lipinski definition) is 0. The molecule has 0 amide bonds. The minimum absolute atomic E-state index is 0.682. The second-order valence-corrected chi connectivity index (χ2v) is 16.2. The molecule has 0 unspecified atom stereocenters. The maximum absolute atomic E-state index is 5.38. The number of nitrogens with zero attached hydrogens (tertiary/aromatic N) is 7. The molecule has 0 bridgehead atoms. The molecule has 0 radical (unpaired) electrons. The number of aliphatic imine (C=N–C) groups is 1.